The van der Waals surface area contributed by atoms with E-state index in [1.54, 1.807) is 50.2 Å². The van der Waals surface area contributed by atoms with Crippen molar-refractivity contribution in [2.24, 2.45) is 0 Å². The summed E-state index contributed by atoms with van der Waals surface area (Å²) in [6, 6.07) is 8.78. The van der Waals surface area contributed by atoms with Gasteiger partial charge in [-0.1, -0.05) is 0 Å². The zero-order valence-electron chi connectivity index (χ0n) is 9.69. The Bertz CT molecular complexity index is 403. The Labute approximate surface area is 95.5 Å². The smallest absolute Gasteiger partial charge is 0.244 e. The van der Waals surface area contributed by atoms with Crippen molar-refractivity contribution in [1.29, 1.82) is 5.26 Å². The molecule has 4 nitrogen and oxygen atoms in total. The molecule has 4 heteroatoms. The van der Waals surface area contributed by atoms with Crippen LogP contribution in [0.2, 0.25) is 0 Å². The molecule has 0 aliphatic heterocycles. The van der Waals surface area contributed by atoms with Crippen LogP contribution < -0.4 is 5.32 Å². The summed E-state index contributed by atoms with van der Waals surface area (Å²) in [5, 5.41) is 11.7. The molecule has 0 bridgehead atoms. The van der Waals surface area contributed by atoms with Crippen molar-refractivity contribution in [2.45, 2.75) is 13.0 Å². The average molecular weight is 217 g/mol. The highest BCUT2D eigenvalue weighted by Gasteiger charge is 2.13. The fraction of sp³-hybridized carbons (Fsp3) is 0.333. The predicted octanol–water partition coefficient (Wildman–Crippen LogP) is 1.45. The largest absolute Gasteiger partial charge is 0.374 e. The highest BCUT2D eigenvalue weighted by Crippen LogP contribution is 2.10. The molecule has 0 fully saturated rings. The summed E-state index contributed by atoms with van der Waals surface area (Å²) in [6.07, 6.45) is 0. The first-order valence-corrected chi connectivity index (χ1v) is 5.02. The van der Waals surface area contributed by atoms with Crippen LogP contribution in [-0.2, 0) is 4.79 Å². The van der Waals surface area contributed by atoms with Crippen LogP contribution in [0, 0.1) is 11.3 Å². The van der Waals surface area contributed by atoms with E-state index in [4.69, 9.17) is 5.26 Å². The van der Waals surface area contributed by atoms with Crippen LogP contribution in [-0.4, -0.2) is 30.9 Å². The number of carbonyl (C=O) groups excluding carboxylic acids is 1. The Morgan fingerprint density at radius 2 is 1.94 bits per heavy atom. The number of nitriles is 1. The van der Waals surface area contributed by atoms with E-state index in [9.17, 15) is 4.79 Å². The number of amides is 1. The molecular weight excluding hydrogens is 202 g/mol. The Balaban J connectivity index is 2.67. The lowest BCUT2D eigenvalue weighted by molar-refractivity contribution is -0.129. The number of carbonyl (C=O) groups is 1. The van der Waals surface area contributed by atoms with E-state index < -0.39 is 0 Å². The molecule has 1 atom stereocenters. The lowest BCUT2D eigenvalue weighted by Gasteiger charge is -2.18. The van der Waals surface area contributed by atoms with Crippen molar-refractivity contribution in [3.05, 3.63) is 29.8 Å². The number of hydrogen-bond acceptors (Lipinski definition) is 3. The molecule has 1 rings (SSSR count). The van der Waals surface area contributed by atoms with Gasteiger partial charge in [-0.05, 0) is 31.2 Å². The van der Waals surface area contributed by atoms with Crippen LogP contribution >= 0.6 is 0 Å². The van der Waals surface area contributed by atoms with Crippen LogP contribution in [0.25, 0.3) is 0 Å². The van der Waals surface area contributed by atoms with E-state index in [0.717, 1.165) is 5.69 Å². The predicted molar refractivity (Wildman–Crippen MR) is 62.9 cm³/mol. The number of nitrogens with one attached hydrogen (secondary N) is 1. The minimum atomic E-state index is -0.275. The molecule has 0 saturated heterocycles. The Morgan fingerprint density at radius 3 is 2.38 bits per heavy atom. The highest BCUT2D eigenvalue weighted by molar-refractivity contribution is 5.83. The number of anilines is 1. The second-order valence-corrected chi connectivity index (χ2v) is 3.79. The third kappa shape index (κ3) is 2.99. The highest BCUT2D eigenvalue weighted by atomic mass is 16.2. The first-order chi connectivity index (χ1) is 7.54. The van der Waals surface area contributed by atoms with Crippen molar-refractivity contribution in [3.8, 4) is 6.07 Å². The lowest BCUT2D eigenvalue weighted by Crippen LogP contribution is -2.36. The van der Waals surface area contributed by atoms with Crippen molar-refractivity contribution < 1.29 is 4.79 Å². The van der Waals surface area contributed by atoms with Gasteiger partial charge in [0, 0.05) is 19.8 Å². The summed E-state index contributed by atoms with van der Waals surface area (Å²) in [7, 11) is 3.44. The van der Waals surface area contributed by atoms with Crippen LogP contribution in [0.15, 0.2) is 24.3 Å². The summed E-state index contributed by atoms with van der Waals surface area (Å²) in [5.41, 5.74) is 1.44. The fourth-order valence-electron chi connectivity index (χ4n) is 1.34. The summed E-state index contributed by atoms with van der Waals surface area (Å²) in [5.74, 6) is 0.0179. The fourth-order valence-corrected chi connectivity index (χ4v) is 1.34. The van der Waals surface area contributed by atoms with Gasteiger partial charge < -0.3 is 10.2 Å². The van der Waals surface area contributed by atoms with Gasteiger partial charge >= 0.3 is 0 Å². The van der Waals surface area contributed by atoms with Crippen molar-refractivity contribution in [2.75, 3.05) is 19.4 Å². The second kappa shape index (κ2) is 5.17. The van der Waals surface area contributed by atoms with Crippen LogP contribution in [0.1, 0.15) is 12.5 Å². The third-order valence-electron chi connectivity index (χ3n) is 2.21. The van der Waals surface area contributed by atoms with Gasteiger partial charge in [0.15, 0.2) is 0 Å². The topological polar surface area (TPSA) is 56.1 Å². The van der Waals surface area contributed by atoms with E-state index in [-0.39, 0.29) is 11.9 Å². The quantitative estimate of drug-likeness (QED) is 0.833. The van der Waals surface area contributed by atoms with E-state index in [0.29, 0.717) is 5.56 Å². The van der Waals surface area contributed by atoms with Gasteiger partial charge in [0.25, 0.3) is 0 Å². The number of likely N-dealkylation sites (N-methyl/N-ethyl adjacent to an activating group) is 1. The van der Waals surface area contributed by atoms with E-state index in [1.807, 2.05) is 6.07 Å². The lowest BCUT2D eigenvalue weighted by atomic mass is 10.2. The second-order valence-electron chi connectivity index (χ2n) is 3.79. The molecule has 1 aromatic rings. The average Bonchev–Trinajstić information content (AvgIpc) is 2.28. The molecular formula is C12H15N3O. The van der Waals surface area contributed by atoms with Crippen molar-refractivity contribution >= 4 is 11.6 Å². The maximum Gasteiger partial charge on any atom is 0.244 e. The minimum absolute atomic E-state index is 0.0179. The van der Waals surface area contributed by atoms with Gasteiger partial charge in [-0.25, -0.2) is 0 Å². The SMILES string of the molecule is CC(Nc1ccc(C#N)cc1)C(=O)N(C)C. The van der Waals surface area contributed by atoms with E-state index in [2.05, 4.69) is 5.32 Å². The van der Waals surface area contributed by atoms with Gasteiger partial charge in [0.2, 0.25) is 5.91 Å². The first kappa shape index (κ1) is 12.1. The van der Waals surface area contributed by atoms with E-state index in [1.165, 1.54) is 0 Å². The van der Waals surface area contributed by atoms with Crippen molar-refractivity contribution in [1.82, 2.24) is 4.90 Å². The molecule has 16 heavy (non-hydrogen) atoms. The zero-order valence-corrected chi connectivity index (χ0v) is 9.69. The molecule has 0 spiro atoms. The zero-order chi connectivity index (χ0) is 12.1. The maximum atomic E-state index is 11.6. The summed E-state index contributed by atoms with van der Waals surface area (Å²) >= 11 is 0. The molecule has 1 N–H and O–H groups in total. The first-order valence-electron chi connectivity index (χ1n) is 5.02. The summed E-state index contributed by atoms with van der Waals surface area (Å²) in [4.78, 5) is 13.1. The number of rotatable bonds is 3. The molecule has 1 amide bonds. The molecule has 0 aliphatic rings. The van der Waals surface area contributed by atoms with Crippen molar-refractivity contribution in [3.63, 3.8) is 0 Å². The van der Waals surface area contributed by atoms with Gasteiger partial charge in [0.05, 0.1) is 11.6 Å². The number of benzene rings is 1. The molecule has 84 valence electrons. The molecule has 0 radical (unpaired) electrons. The molecule has 0 aromatic heterocycles. The van der Waals surface area contributed by atoms with Crippen LogP contribution in [0.5, 0.6) is 0 Å². The normalized spacial score (nSPS) is 11.4. The van der Waals surface area contributed by atoms with E-state index >= 15 is 0 Å². The Hall–Kier alpha value is -2.02. The monoisotopic (exact) mass is 217 g/mol. The minimum Gasteiger partial charge on any atom is -0.374 e. The van der Waals surface area contributed by atoms with Crippen LogP contribution in [0.4, 0.5) is 5.69 Å². The number of hydrogen-bond donors (Lipinski definition) is 1. The molecule has 1 unspecified atom stereocenters. The molecule has 0 aliphatic carbocycles. The standard InChI is InChI=1S/C12H15N3O/c1-9(12(16)15(2)3)14-11-6-4-10(8-13)5-7-11/h4-7,9,14H,1-3H3. The Morgan fingerprint density at radius 1 is 1.38 bits per heavy atom. The summed E-state index contributed by atoms with van der Waals surface area (Å²) < 4.78 is 0. The third-order valence-corrected chi connectivity index (χ3v) is 2.21. The number of nitrogens with zero attached hydrogens (tertiary/aromatic N) is 2. The maximum absolute atomic E-state index is 11.6. The van der Waals surface area contributed by atoms with Gasteiger partial charge in [-0.2, -0.15) is 5.26 Å². The van der Waals surface area contributed by atoms with Gasteiger partial charge in [-0.15, -0.1) is 0 Å². The Kier molecular flexibility index (Phi) is 3.90. The molecule has 0 saturated carbocycles. The molecule has 0 heterocycles. The van der Waals surface area contributed by atoms with Gasteiger partial charge in [0.1, 0.15) is 6.04 Å². The van der Waals surface area contributed by atoms with Gasteiger partial charge in [-0.3, -0.25) is 4.79 Å². The summed E-state index contributed by atoms with van der Waals surface area (Å²) in [6.45, 7) is 1.81. The molecule has 1 aromatic carbocycles. The van der Waals surface area contributed by atoms with Crippen LogP contribution in [0.3, 0.4) is 0 Å².